The molecule has 0 saturated heterocycles. The van der Waals surface area contributed by atoms with Gasteiger partial charge in [-0.25, -0.2) is 0 Å². The van der Waals surface area contributed by atoms with Crippen molar-refractivity contribution in [1.29, 1.82) is 0 Å². The van der Waals surface area contributed by atoms with Crippen LogP contribution in [0.2, 0.25) is 0 Å². The Morgan fingerprint density at radius 1 is 0.600 bits per heavy atom. The van der Waals surface area contributed by atoms with Crippen molar-refractivity contribution in [3.05, 3.63) is 149 Å². The lowest BCUT2D eigenvalue weighted by molar-refractivity contribution is 0.432. The van der Waals surface area contributed by atoms with Gasteiger partial charge in [0, 0.05) is 55.5 Å². The zero-order chi connectivity index (χ0) is 33.9. The van der Waals surface area contributed by atoms with Gasteiger partial charge in [0.25, 0.3) is 0 Å². The number of ether oxygens (including phenoxy) is 1. The van der Waals surface area contributed by atoms with Gasteiger partial charge in [-0.3, -0.25) is 4.98 Å². The highest BCUT2D eigenvalue weighted by Crippen LogP contribution is 2.69. The number of benzene rings is 6. The second-order valence-corrected chi connectivity index (χ2v) is 18.5. The van der Waals surface area contributed by atoms with E-state index in [0.29, 0.717) is 0 Å². The Labute approximate surface area is 292 Å². The fourth-order valence-corrected chi connectivity index (χ4v) is 12.3. The van der Waals surface area contributed by atoms with Crippen molar-refractivity contribution in [2.45, 2.75) is 57.8 Å². The monoisotopic (exact) mass is 664 g/mol. The first-order valence-electron chi connectivity index (χ1n) is 17.7. The van der Waals surface area contributed by atoms with E-state index in [4.69, 9.17) is 9.72 Å². The summed E-state index contributed by atoms with van der Waals surface area (Å²) in [6, 6.07) is 39.3. The Kier molecular flexibility index (Phi) is 5.26. The summed E-state index contributed by atoms with van der Waals surface area (Å²) in [5.74, 6) is 1.87. The first kappa shape index (κ1) is 28.7. The number of fused-ring (bicyclic) bond motifs is 13. The van der Waals surface area contributed by atoms with Crippen molar-refractivity contribution in [2.24, 2.45) is 0 Å². The second-order valence-electron chi connectivity index (χ2n) is 16.5. The summed E-state index contributed by atoms with van der Waals surface area (Å²) in [6.07, 6.45) is 4.31. The molecule has 0 saturated carbocycles. The molecule has 0 bridgehead atoms. The van der Waals surface area contributed by atoms with Crippen molar-refractivity contribution in [3.63, 3.8) is 0 Å². The molecule has 6 aromatic carbocycles. The normalized spacial score (nSPS) is 15.3. The van der Waals surface area contributed by atoms with Crippen LogP contribution in [-0.2, 0) is 16.2 Å². The summed E-state index contributed by atoms with van der Waals surface area (Å²) < 4.78 is 9.60. The second kappa shape index (κ2) is 9.16. The van der Waals surface area contributed by atoms with E-state index in [-0.39, 0.29) is 10.8 Å². The third kappa shape index (κ3) is 3.40. The third-order valence-electron chi connectivity index (χ3n) is 11.7. The van der Waals surface area contributed by atoms with Crippen LogP contribution in [0.25, 0.3) is 53.8 Å². The molecule has 1 spiro atoms. The average molecular weight is 665 g/mol. The predicted octanol–water partition coefficient (Wildman–Crippen LogP) is 12.8. The van der Waals surface area contributed by atoms with Gasteiger partial charge in [-0.1, -0.05) is 108 Å². The van der Waals surface area contributed by atoms with Crippen molar-refractivity contribution >= 4 is 56.2 Å². The largest absolute Gasteiger partial charge is 0.457 e. The van der Waals surface area contributed by atoms with E-state index >= 15 is 0 Å². The minimum absolute atomic E-state index is 0.0396. The molecule has 5 heterocycles. The van der Waals surface area contributed by atoms with Crippen LogP contribution in [0.3, 0.4) is 0 Å². The van der Waals surface area contributed by atoms with Crippen LogP contribution < -0.4 is 4.74 Å². The first-order chi connectivity index (χ1) is 24.0. The fraction of sp³-hybridized carbons (Fsp3) is 0.196. The maximum absolute atomic E-state index is 6.98. The Bertz CT molecular complexity index is 2860. The van der Waals surface area contributed by atoms with Gasteiger partial charge in [0.15, 0.2) is 0 Å². The molecule has 4 heteroatoms. The molecule has 0 N–H and O–H groups in total. The Balaban J connectivity index is 1.46. The van der Waals surface area contributed by atoms with Crippen LogP contribution in [0.5, 0.6) is 11.5 Å². The molecule has 0 fully saturated rings. The molecule has 1 unspecified atom stereocenters. The van der Waals surface area contributed by atoms with Crippen molar-refractivity contribution < 1.29 is 4.74 Å². The number of hydrogen-bond donors (Lipinski definition) is 0. The molecule has 2 aliphatic heterocycles. The number of rotatable bonds is 0. The van der Waals surface area contributed by atoms with Crippen LogP contribution in [0.15, 0.2) is 116 Å². The Hall–Kier alpha value is -5.11. The van der Waals surface area contributed by atoms with E-state index in [9.17, 15) is 0 Å². The first-order valence-corrected chi connectivity index (χ1v) is 19.0. The fourth-order valence-electron chi connectivity index (χ4n) is 9.22. The molecule has 11 rings (SSSR count). The van der Waals surface area contributed by atoms with E-state index in [1.807, 2.05) is 6.20 Å². The van der Waals surface area contributed by atoms with Crippen LogP contribution in [-0.4, -0.2) is 9.15 Å². The van der Waals surface area contributed by atoms with Gasteiger partial charge in [-0.2, -0.15) is 0 Å². The van der Waals surface area contributed by atoms with Gasteiger partial charge in [-0.15, -0.1) is 0 Å². The summed E-state index contributed by atoms with van der Waals surface area (Å²) in [5, 5.41) is 10.6. The standard InChI is InChI=1S/C46H37N2OP/c1-44(2,3)30-15-19-36-34(24-30)46(35-25-31(45(4,5)6)16-20-37(35)49-36)32-17-13-26-9-11-28-8-7-22-47-40(28)38(26)42(32)50-43-33(46)18-14-27-10-12-29-21-23-48(50)41(29)39(27)43/h7-25H,1-6H3. The molecule has 0 aliphatic carbocycles. The van der Waals surface area contributed by atoms with E-state index in [2.05, 4.69) is 155 Å². The average Bonchev–Trinajstić information content (AvgIpc) is 3.69. The zero-order valence-electron chi connectivity index (χ0n) is 29.2. The lowest BCUT2D eigenvalue weighted by atomic mass is 9.61. The highest BCUT2D eigenvalue weighted by atomic mass is 31.1. The van der Waals surface area contributed by atoms with E-state index in [1.165, 1.54) is 81.6 Å². The van der Waals surface area contributed by atoms with Crippen LogP contribution >= 0.6 is 7.69 Å². The molecule has 3 nitrogen and oxygen atoms in total. The van der Waals surface area contributed by atoms with Crippen LogP contribution in [0.4, 0.5) is 0 Å². The maximum atomic E-state index is 6.98. The molecule has 50 heavy (non-hydrogen) atoms. The highest BCUT2D eigenvalue weighted by Gasteiger charge is 2.52. The van der Waals surface area contributed by atoms with Crippen LogP contribution in [0.1, 0.15) is 74.9 Å². The lowest BCUT2D eigenvalue weighted by Crippen LogP contribution is -2.36. The van der Waals surface area contributed by atoms with Gasteiger partial charge >= 0.3 is 0 Å². The van der Waals surface area contributed by atoms with Gasteiger partial charge in [0.1, 0.15) is 11.5 Å². The van der Waals surface area contributed by atoms with E-state index in [0.717, 1.165) is 17.0 Å². The van der Waals surface area contributed by atoms with Crippen LogP contribution in [0, 0.1) is 0 Å². The predicted molar refractivity (Wildman–Crippen MR) is 210 cm³/mol. The summed E-state index contributed by atoms with van der Waals surface area (Å²) >= 11 is 0. The molecule has 0 radical (unpaired) electrons. The van der Waals surface area contributed by atoms with Gasteiger partial charge < -0.3 is 8.90 Å². The molecule has 0 amide bonds. The molecule has 1 atom stereocenters. The number of nitrogens with zero attached hydrogens (tertiary/aromatic N) is 2. The summed E-state index contributed by atoms with van der Waals surface area (Å²) in [6.45, 7) is 13.9. The van der Waals surface area contributed by atoms with Crippen molar-refractivity contribution in [3.8, 4) is 16.8 Å². The highest BCUT2D eigenvalue weighted by molar-refractivity contribution is 7.60. The van der Waals surface area contributed by atoms with Gasteiger partial charge in [0.2, 0.25) is 0 Å². The third-order valence-corrected chi connectivity index (χ3v) is 14.2. The molecule has 2 aliphatic rings. The van der Waals surface area contributed by atoms with Gasteiger partial charge in [0.05, 0.1) is 16.4 Å². The number of hydrogen-bond acceptors (Lipinski definition) is 2. The Morgan fingerprint density at radius 3 is 1.88 bits per heavy atom. The topological polar surface area (TPSA) is 26.5 Å². The molecule has 242 valence electrons. The molecule has 3 aromatic heterocycles. The van der Waals surface area contributed by atoms with Crippen molar-refractivity contribution in [2.75, 3.05) is 0 Å². The van der Waals surface area contributed by atoms with Gasteiger partial charge in [-0.05, 0) is 87.9 Å². The summed E-state index contributed by atoms with van der Waals surface area (Å²) in [4.78, 5) is 5.13. The SMILES string of the molecule is CC(C)(C)c1ccc2c(c1)C1(c3cc(C(C)(C)C)ccc3O2)c2ccc3ccc4cccnc4c3c2-p2c3c1ccc1ccc4ccn2c4c13. The maximum Gasteiger partial charge on any atom is 0.132 e. The number of aromatic nitrogens is 2. The molecular formula is C46H37N2OP. The lowest BCUT2D eigenvalue weighted by Gasteiger charge is -2.46. The smallest absolute Gasteiger partial charge is 0.132 e. The zero-order valence-corrected chi connectivity index (χ0v) is 30.1. The summed E-state index contributed by atoms with van der Waals surface area (Å²) in [5.41, 5.74) is 9.55. The van der Waals surface area contributed by atoms with Crippen molar-refractivity contribution in [1.82, 2.24) is 9.15 Å². The Morgan fingerprint density at radius 2 is 1.20 bits per heavy atom. The minimum atomic E-state index is -0.947. The van der Waals surface area contributed by atoms with E-state index in [1.54, 1.807) is 0 Å². The minimum Gasteiger partial charge on any atom is -0.457 e. The molecule has 9 aromatic rings. The quantitative estimate of drug-likeness (QED) is 0.151. The number of pyridine rings is 1. The summed E-state index contributed by atoms with van der Waals surface area (Å²) in [7, 11) is -0.947. The van der Waals surface area contributed by atoms with E-state index < -0.39 is 13.1 Å². The molecular weight excluding hydrogens is 627 g/mol.